The molecule has 2 atom stereocenters. The highest BCUT2D eigenvalue weighted by Gasteiger charge is 2.38. The van der Waals surface area contributed by atoms with Crippen LogP contribution < -0.4 is 14.8 Å². The zero-order chi connectivity index (χ0) is 21.3. The highest BCUT2D eigenvalue weighted by Crippen LogP contribution is 2.43. The van der Waals surface area contributed by atoms with Crippen LogP contribution in [0.5, 0.6) is 11.5 Å². The van der Waals surface area contributed by atoms with Crippen molar-refractivity contribution >= 4 is 11.7 Å². The first-order valence-corrected chi connectivity index (χ1v) is 10.4. The van der Waals surface area contributed by atoms with Crippen molar-refractivity contribution in [1.82, 2.24) is 5.32 Å². The van der Waals surface area contributed by atoms with Crippen LogP contribution in [0.3, 0.4) is 0 Å². The summed E-state index contributed by atoms with van der Waals surface area (Å²) in [5, 5.41) is 2.99. The summed E-state index contributed by atoms with van der Waals surface area (Å²) in [6, 6.07) is 13.9. The Balaban J connectivity index is 1.67. The van der Waals surface area contributed by atoms with Gasteiger partial charge in [-0.1, -0.05) is 35.9 Å². The summed E-state index contributed by atoms with van der Waals surface area (Å²) in [6.07, 6.45) is 1.37. The third kappa shape index (κ3) is 3.84. The normalized spacial score (nSPS) is 21.2. The summed E-state index contributed by atoms with van der Waals surface area (Å²) < 4.78 is 11.1. The molecule has 1 aliphatic carbocycles. The molecule has 0 aromatic heterocycles. The Morgan fingerprint density at radius 2 is 1.83 bits per heavy atom. The van der Waals surface area contributed by atoms with E-state index in [1.807, 2.05) is 50.2 Å². The van der Waals surface area contributed by atoms with E-state index >= 15 is 0 Å². The molecule has 1 heterocycles. The van der Waals surface area contributed by atoms with Crippen molar-refractivity contribution in [2.45, 2.75) is 44.9 Å². The largest absolute Gasteiger partial charge is 0.493 e. The van der Waals surface area contributed by atoms with Gasteiger partial charge in [-0.2, -0.15) is 0 Å². The highest BCUT2D eigenvalue weighted by molar-refractivity contribution is 6.02. The summed E-state index contributed by atoms with van der Waals surface area (Å²) >= 11 is 0. The van der Waals surface area contributed by atoms with Gasteiger partial charge in [0.25, 0.3) is 0 Å². The van der Waals surface area contributed by atoms with Crippen LogP contribution in [0.25, 0.3) is 0 Å². The Kier molecular flexibility index (Phi) is 5.62. The number of benzene rings is 2. The van der Waals surface area contributed by atoms with Crippen molar-refractivity contribution in [3.8, 4) is 11.5 Å². The zero-order valence-corrected chi connectivity index (χ0v) is 17.7. The Hall–Kier alpha value is -3.08. The molecule has 5 nitrogen and oxygen atoms in total. The van der Waals surface area contributed by atoms with E-state index in [0.717, 1.165) is 28.0 Å². The van der Waals surface area contributed by atoms with Gasteiger partial charge in [0.1, 0.15) is 0 Å². The molecule has 2 unspecified atom stereocenters. The lowest BCUT2D eigenvalue weighted by Crippen LogP contribution is -2.38. The van der Waals surface area contributed by atoms with E-state index in [9.17, 15) is 9.59 Å². The van der Waals surface area contributed by atoms with E-state index in [1.165, 1.54) is 0 Å². The maximum absolute atomic E-state index is 13.2. The van der Waals surface area contributed by atoms with Gasteiger partial charge in [0.2, 0.25) is 5.91 Å². The second kappa shape index (κ2) is 8.34. The number of carbonyl (C=O) groups is 2. The number of ketones is 1. The number of aryl methyl sites for hydroxylation is 1. The van der Waals surface area contributed by atoms with Crippen LogP contribution in [0, 0.1) is 6.92 Å². The smallest absolute Gasteiger partial charge is 0.225 e. The second-order valence-corrected chi connectivity index (χ2v) is 7.98. The zero-order valence-electron chi connectivity index (χ0n) is 17.7. The lowest BCUT2D eigenvalue weighted by Gasteiger charge is -2.34. The predicted octanol–water partition coefficient (Wildman–Crippen LogP) is 4.41. The average Bonchev–Trinajstić information content (AvgIpc) is 2.73. The fraction of sp³-hybridized carbons (Fsp3) is 0.360. The molecule has 1 N–H and O–H groups in total. The van der Waals surface area contributed by atoms with E-state index in [0.29, 0.717) is 37.4 Å². The fourth-order valence-electron chi connectivity index (χ4n) is 4.58. The second-order valence-electron chi connectivity index (χ2n) is 7.98. The van der Waals surface area contributed by atoms with E-state index in [1.54, 1.807) is 7.11 Å². The first kappa shape index (κ1) is 20.2. The van der Waals surface area contributed by atoms with E-state index in [2.05, 4.69) is 11.4 Å². The molecule has 156 valence electrons. The van der Waals surface area contributed by atoms with E-state index in [4.69, 9.17) is 9.47 Å². The molecular formula is C25H27NO4. The minimum absolute atomic E-state index is 0.00242. The molecule has 0 spiro atoms. The number of ether oxygens (including phenoxy) is 2. The number of amides is 1. The first-order valence-electron chi connectivity index (χ1n) is 10.4. The lowest BCUT2D eigenvalue weighted by atomic mass is 9.73. The molecular weight excluding hydrogens is 378 g/mol. The van der Waals surface area contributed by atoms with Gasteiger partial charge >= 0.3 is 0 Å². The quantitative estimate of drug-likeness (QED) is 0.800. The van der Waals surface area contributed by atoms with E-state index < -0.39 is 0 Å². The van der Waals surface area contributed by atoms with Crippen molar-refractivity contribution in [1.29, 1.82) is 0 Å². The van der Waals surface area contributed by atoms with E-state index in [-0.39, 0.29) is 23.5 Å². The van der Waals surface area contributed by atoms with Crippen LogP contribution in [0.1, 0.15) is 54.7 Å². The minimum atomic E-state index is -0.169. The maximum atomic E-state index is 13.2. The van der Waals surface area contributed by atoms with Gasteiger partial charge in [-0.25, -0.2) is 0 Å². The summed E-state index contributed by atoms with van der Waals surface area (Å²) in [4.78, 5) is 25.7. The number of rotatable bonds is 5. The third-order valence-electron chi connectivity index (χ3n) is 5.94. The predicted molar refractivity (Wildman–Crippen MR) is 115 cm³/mol. The minimum Gasteiger partial charge on any atom is -0.493 e. The number of nitrogens with one attached hydrogen (secondary N) is 1. The molecule has 0 bridgehead atoms. The maximum Gasteiger partial charge on any atom is 0.225 e. The number of hydrogen-bond acceptors (Lipinski definition) is 4. The summed E-state index contributed by atoms with van der Waals surface area (Å²) in [6.45, 7) is 4.51. The number of methoxy groups -OCH3 is 1. The van der Waals surface area contributed by atoms with Crippen molar-refractivity contribution in [3.05, 3.63) is 70.4 Å². The monoisotopic (exact) mass is 405 g/mol. The van der Waals surface area contributed by atoms with Crippen molar-refractivity contribution < 1.29 is 19.1 Å². The Labute approximate surface area is 177 Å². The molecule has 2 aromatic carbocycles. The van der Waals surface area contributed by atoms with Crippen LogP contribution in [-0.4, -0.2) is 25.4 Å². The molecule has 0 fully saturated rings. The van der Waals surface area contributed by atoms with Gasteiger partial charge in [-0.15, -0.1) is 0 Å². The fourth-order valence-corrected chi connectivity index (χ4v) is 4.58. The van der Waals surface area contributed by atoms with Gasteiger partial charge in [-0.3, -0.25) is 9.59 Å². The Bertz CT molecular complexity index is 1020. The molecule has 2 aromatic rings. The van der Waals surface area contributed by atoms with Gasteiger partial charge < -0.3 is 14.8 Å². The highest BCUT2D eigenvalue weighted by atomic mass is 16.5. The molecule has 5 heteroatoms. The Morgan fingerprint density at radius 1 is 1.00 bits per heavy atom. The van der Waals surface area contributed by atoms with Crippen LogP contribution in [0.2, 0.25) is 0 Å². The molecule has 2 aliphatic rings. The van der Waals surface area contributed by atoms with Crippen LogP contribution in [0.15, 0.2) is 53.7 Å². The average molecular weight is 405 g/mol. The third-order valence-corrected chi connectivity index (χ3v) is 5.94. The topological polar surface area (TPSA) is 64.6 Å². The molecule has 30 heavy (non-hydrogen) atoms. The van der Waals surface area contributed by atoms with Crippen LogP contribution in [-0.2, 0) is 9.59 Å². The van der Waals surface area contributed by atoms with Crippen molar-refractivity contribution in [2.24, 2.45) is 0 Å². The lowest BCUT2D eigenvalue weighted by molar-refractivity contribution is -0.122. The number of allylic oxidation sites excluding steroid dienone is 2. The van der Waals surface area contributed by atoms with Gasteiger partial charge in [-0.05, 0) is 49.4 Å². The SMILES string of the molecule is CCOc1ccc(C2CC(=O)C3=C(C2)NC(=O)CC3c2cccc(C)c2)cc1OC. The number of hydrogen-bond donors (Lipinski definition) is 1. The molecule has 0 saturated carbocycles. The van der Waals surface area contributed by atoms with Gasteiger partial charge in [0.05, 0.1) is 13.7 Å². The molecule has 4 rings (SSSR count). The molecule has 0 radical (unpaired) electrons. The molecule has 0 saturated heterocycles. The van der Waals surface area contributed by atoms with Gasteiger partial charge in [0, 0.05) is 30.0 Å². The summed E-state index contributed by atoms with van der Waals surface area (Å²) in [5.41, 5.74) is 4.72. The van der Waals surface area contributed by atoms with Crippen LogP contribution in [0.4, 0.5) is 0 Å². The standard InChI is InChI=1S/C25H27NO4/c1-4-30-22-9-8-16(13-23(22)29-3)18-11-20-25(21(27)12-18)19(14-24(28)26-20)17-7-5-6-15(2)10-17/h5-10,13,18-19H,4,11-12,14H2,1-3H3,(H,26,28). The Morgan fingerprint density at radius 3 is 2.57 bits per heavy atom. The summed E-state index contributed by atoms with van der Waals surface area (Å²) in [5.74, 6) is 1.26. The van der Waals surface area contributed by atoms with Crippen LogP contribution >= 0.6 is 0 Å². The van der Waals surface area contributed by atoms with Gasteiger partial charge in [0.15, 0.2) is 17.3 Å². The number of Topliss-reactive ketones (excluding diaryl/α,β-unsaturated/α-hetero) is 1. The first-order chi connectivity index (χ1) is 14.5. The van der Waals surface area contributed by atoms with Crippen molar-refractivity contribution in [3.63, 3.8) is 0 Å². The molecule has 1 amide bonds. The van der Waals surface area contributed by atoms with Crippen molar-refractivity contribution in [2.75, 3.05) is 13.7 Å². The number of carbonyl (C=O) groups excluding carboxylic acids is 2. The summed E-state index contributed by atoms with van der Waals surface area (Å²) in [7, 11) is 1.61. The molecule has 1 aliphatic heterocycles.